The molecule has 1 N–H and O–H groups in total. The largest absolute Gasteiger partial charge is 0.445 e. The predicted octanol–water partition coefficient (Wildman–Crippen LogP) is 5.72. The Morgan fingerprint density at radius 2 is 1.12 bits per heavy atom. The van der Waals surface area contributed by atoms with E-state index in [2.05, 4.69) is 5.32 Å². The second-order valence-corrected chi connectivity index (χ2v) is 7.29. The van der Waals surface area contributed by atoms with Gasteiger partial charge >= 0.3 is 5.97 Å². The van der Waals surface area contributed by atoms with Crippen LogP contribution in [0.4, 0.5) is 5.69 Å². The van der Waals surface area contributed by atoms with Crippen LogP contribution in [-0.2, 0) is 4.74 Å². The van der Waals surface area contributed by atoms with Gasteiger partial charge in [-0.3, -0.25) is 9.59 Å². The molecule has 5 heteroatoms. The second kappa shape index (κ2) is 10.2. The molecule has 0 bridgehead atoms. The van der Waals surface area contributed by atoms with Crippen molar-refractivity contribution < 1.29 is 19.1 Å². The van der Waals surface area contributed by atoms with E-state index in [0.29, 0.717) is 22.4 Å². The molecule has 0 radical (unpaired) electrons. The van der Waals surface area contributed by atoms with Crippen molar-refractivity contribution in [2.24, 2.45) is 0 Å². The van der Waals surface area contributed by atoms with Crippen molar-refractivity contribution in [3.63, 3.8) is 0 Å². The summed E-state index contributed by atoms with van der Waals surface area (Å²) in [4.78, 5) is 39.0. The molecule has 0 aliphatic rings. The fourth-order valence-electron chi connectivity index (χ4n) is 3.38. The van der Waals surface area contributed by atoms with Gasteiger partial charge in [0.2, 0.25) is 5.78 Å². The topological polar surface area (TPSA) is 72.5 Å². The quantitative estimate of drug-likeness (QED) is 0.298. The first-order valence-corrected chi connectivity index (χ1v) is 10.4. The normalized spacial score (nSPS) is 11.3. The van der Waals surface area contributed by atoms with E-state index in [1.54, 1.807) is 97.1 Å². The van der Waals surface area contributed by atoms with Gasteiger partial charge in [-0.15, -0.1) is 0 Å². The maximum atomic E-state index is 13.2. The molecule has 0 aliphatic carbocycles. The van der Waals surface area contributed by atoms with Gasteiger partial charge in [-0.2, -0.15) is 0 Å². The summed E-state index contributed by atoms with van der Waals surface area (Å²) in [5, 5.41) is 2.76. The predicted molar refractivity (Wildman–Crippen MR) is 126 cm³/mol. The van der Waals surface area contributed by atoms with Crippen LogP contribution < -0.4 is 5.32 Å². The molecule has 0 heterocycles. The number of carbonyl (C=O) groups excluding carboxylic acids is 3. The zero-order valence-electron chi connectivity index (χ0n) is 17.7. The van der Waals surface area contributed by atoms with Crippen LogP contribution in [0.15, 0.2) is 115 Å². The summed E-state index contributed by atoms with van der Waals surface area (Å²) in [6.45, 7) is 0. The average Bonchev–Trinajstić information content (AvgIpc) is 2.88. The van der Waals surface area contributed by atoms with Gasteiger partial charge in [0.15, 0.2) is 6.10 Å². The van der Waals surface area contributed by atoms with Gasteiger partial charge in [-0.05, 0) is 24.3 Å². The zero-order valence-corrected chi connectivity index (χ0v) is 17.7. The minimum atomic E-state index is -1.13. The lowest BCUT2D eigenvalue weighted by molar-refractivity contribution is 0.0281. The van der Waals surface area contributed by atoms with Crippen LogP contribution in [0.25, 0.3) is 0 Å². The highest BCUT2D eigenvalue weighted by Crippen LogP contribution is 2.26. The number of hydrogen-bond donors (Lipinski definition) is 1. The van der Waals surface area contributed by atoms with Crippen molar-refractivity contribution in [2.75, 3.05) is 5.32 Å². The van der Waals surface area contributed by atoms with Crippen LogP contribution in [0, 0.1) is 0 Å². The number of Topliss-reactive ketones (excluding diaryl/α,β-unsaturated/α-hetero) is 1. The lowest BCUT2D eigenvalue weighted by atomic mass is 9.99. The molecule has 0 saturated heterocycles. The second-order valence-electron chi connectivity index (χ2n) is 7.29. The number of carbonyl (C=O) groups is 3. The average molecular weight is 435 g/mol. The molecule has 1 atom stereocenters. The summed E-state index contributed by atoms with van der Waals surface area (Å²) in [7, 11) is 0. The van der Waals surface area contributed by atoms with Crippen LogP contribution in [0.1, 0.15) is 42.7 Å². The van der Waals surface area contributed by atoms with E-state index < -0.39 is 12.1 Å². The molecule has 0 fully saturated rings. The number of rotatable bonds is 7. The number of para-hydroxylation sites is 1. The highest BCUT2D eigenvalue weighted by Gasteiger charge is 2.27. The molecule has 0 aromatic heterocycles. The SMILES string of the molecule is O=C(Nc1ccccc1C(=O)OC(C(=O)c1ccccc1)c1ccccc1)c1ccccc1. The molecule has 0 aliphatic heterocycles. The van der Waals surface area contributed by atoms with Crippen molar-refractivity contribution in [2.45, 2.75) is 6.10 Å². The number of hydrogen-bond acceptors (Lipinski definition) is 4. The number of benzene rings is 4. The van der Waals surface area contributed by atoms with Crippen LogP contribution in [0.2, 0.25) is 0 Å². The Morgan fingerprint density at radius 1 is 0.606 bits per heavy atom. The number of esters is 1. The molecule has 4 aromatic rings. The monoisotopic (exact) mass is 435 g/mol. The fraction of sp³-hybridized carbons (Fsp3) is 0.0357. The molecular weight excluding hydrogens is 414 g/mol. The maximum absolute atomic E-state index is 13.2. The Bertz CT molecular complexity index is 1250. The van der Waals surface area contributed by atoms with Crippen LogP contribution in [0.5, 0.6) is 0 Å². The summed E-state index contributed by atoms with van der Waals surface area (Å²) in [6, 6.07) is 32.8. The summed E-state index contributed by atoms with van der Waals surface area (Å²) in [6.07, 6.45) is -1.13. The van der Waals surface area contributed by atoms with Gasteiger partial charge in [0.25, 0.3) is 5.91 Å². The van der Waals surface area contributed by atoms with E-state index in [-0.39, 0.29) is 17.3 Å². The van der Waals surface area contributed by atoms with E-state index in [0.717, 1.165) is 0 Å². The molecule has 4 aromatic carbocycles. The van der Waals surface area contributed by atoms with E-state index in [4.69, 9.17) is 4.74 Å². The molecule has 1 amide bonds. The van der Waals surface area contributed by atoms with Crippen molar-refractivity contribution in [1.82, 2.24) is 0 Å². The first-order chi connectivity index (χ1) is 16.1. The van der Waals surface area contributed by atoms with Crippen LogP contribution in [0.3, 0.4) is 0 Å². The Labute approximate surface area is 191 Å². The molecule has 162 valence electrons. The molecule has 5 nitrogen and oxygen atoms in total. The summed E-state index contributed by atoms with van der Waals surface area (Å²) >= 11 is 0. The molecule has 1 unspecified atom stereocenters. The Balaban J connectivity index is 1.61. The fourth-order valence-corrected chi connectivity index (χ4v) is 3.38. The van der Waals surface area contributed by atoms with E-state index in [1.807, 2.05) is 18.2 Å². The van der Waals surface area contributed by atoms with Crippen molar-refractivity contribution in [3.8, 4) is 0 Å². The van der Waals surface area contributed by atoms with Crippen molar-refractivity contribution in [3.05, 3.63) is 138 Å². The van der Waals surface area contributed by atoms with E-state index in [9.17, 15) is 14.4 Å². The summed E-state index contributed by atoms with van der Waals surface area (Å²) in [5.41, 5.74) is 1.91. The Morgan fingerprint density at radius 3 is 1.76 bits per heavy atom. The first kappa shape index (κ1) is 21.7. The molecular formula is C28H21NO4. The van der Waals surface area contributed by atoms with Gasteiger partial charge in [-0.25, -0.2) is 4.79 Å². The smallest absolute Gasteiger partial charge is 0.341 e. The summed E-state index contributed by atoms with van der Waals surface area (Å²) in [5.74, 6) is -1.39. The number of nitrogens with one attached hydrogen (secondary N) is 1. The van der Waals surface area contributed by atoms with Crippen LogP contribution in [-0.4, -0.2) is 17.7 Å². The van der Waals surface area contributed by atoms with Gasteiger partial charge in [0.05, 0.1) is 11.3 Å². The molecule has 33 heavy (non-hydrogen) atoms. The zero-order chi connectivity index (χ0) is 23.0. The standard InChI is InChI=1S/C28H21NO4/c30-25(20-12-4-1-5-13-20)26(21-14-6-2-7-15-21)33-28(32)23-18-10-11-19-24(23)29-27(31)22-16-8-3-9-17-22/h1-19,26H,(H,29,31). The number of anilines is 1. The van der Waals surface area contributed by atoms with Crippen LogP contribution >= 0.6 is 0 Å². The van der Waals surface area contributed by atoms with E-state index >= 15 is 0 Å². The Kier molecular flexibility index (Phi) is 6.71. The number of amides is 1. The van der Waals surface area contributed by atoms with Gasteiger partial charge in [0.1, 0.15) is 0 Å². The van der Waals surface area contributed by atoms with Gasteiger partial charge in [-0.1, -0.05) is 91.0 Å². The van der Waals surface area contributed by atoms with Gasteiger partial charge in [0, 0.05) is 16.7 Å². The molecule has 4 rings (SSSR count). The minimum Gasteiger partial charge on any atom is -0.445 e. The minimum absolute atomic E-state index is 0.156. The third-order valence-corrected chi connectivity index (χ3v) is 5.05. The van der Waals surface area contributed by atoms with Gasteiger partial charge < -0.3 is 10.1 Å². The molecule has 0 spiro atoms. The van der Waals surface area contributed by atoms with Crippen molar-refractivity contribution >= 4 is 23.3 Å². The first-order valence-electron chi connectivity index (χ1n) is 10.4. The van der Waals surface area contributed by atoms with Crippen molar-refractivity contribution in [1.29, 1.82) is 0 Å². The summed E-state index contributed by atoms with van der Waals surface area (Å²) < 4.78 is 5.73. The van der Waals surface area contributed by atoms with E-state index in [1.165, 1.54) is 0 Å². The Hall–Kier alpha value is -4.51. The lowest BCUT2D eigenvalue weighted by Gasteiger charge is -2.19. The third kappa shape index (κ3) is 5.22. The highest BCUT2D eigenvalue weighted by atomic mass is 16.5. The number of ether oxygens (including phenoxy) is 1. The number of ketones is 1. The maximum Gasteiger partial charge on any atom is 0.341 e. The molecule has 0 saturated carbocycles. The lowest BCUT2D eigenvalue weighted by Crippen LogP contribution is -2.22. The highest BCUT2D eigenvalue weighted by molar-refractivity contribution is 6.08. The third-order valence-electron chi connectivity index (χ3n) is 5.05.